The maximum Gasteiger partial charge on any atom is 0.481 e. The van der Waals surface area contributed by atoms with Gasteiger partial charge in [-0.15, -0.1) is 0 Å². The highest BCUT2D eigenvalue weighted by Gasteiger charge is 2.62. The molecule has 2 aromatic heterocycles. The number of nitrogens with one attached hydrogen (secondary N) is 2. The second kappa shape index (κ2) is 17.4. The number of ether oxygens (including phenoxy) is 1. The normalized spacial score (nSPS) is 25.7. The zero-order valence-corrected chi connectivity index (χ0v) is 33.5. The molecule has 2 aromatic rings. The van der Waals surface area contributed by atoms with E-state index in [0.717, 1.165) is 23.6 Å². The third-order valence-electron chi connectivity index (χ3n) is 9.43. The van der Waals surface area contributed by atoms with Crippen LogP contribution in [0.1, 0.15) is 52.2 Å². The van der Waals surface area contributed by atoms with E-state index in [1.54, 1.807) is 0 Å². The number of hydrogen-bond acceptors (Lipinski definition) is 18. The molecule has 0 bridgehead atoms. The molecule has 1 aliphatic heterocycles. The van der Waals surface area contributed by atoms with Crippen LogP contribution in [0.5, 0.6) is 0 Å². The minimum atomic E-state index is -5.56. The molecule has 1 saturated heterocycles. The first-order chi connectivity index (χ1) is 26.0. The number of aliphatic hydroxyl groups is 2. The van der Waals surface area contributed by atoms with Gasteiger partial charge in [-0.1, -0.05) is 25.6 Å². The number of carbonyl (C=O) groups is 3. The Morgan fingerprint density at radius 3 is 2.45 bits per heavy atom. The van der Waals surface area contributed by atoms with Crippen molar-refractivity contribution in [3.05, 3.63) is 12.7 Å². The summed E-state index contributed by atoms with van der Waals surface area (Å²) >= 11 is 1.17. The molecular weight excluding hydrogens is 831 g/mol. The number of imidazole rings is 1. The number of aliphatic hydroxyl groups excluding tert-OH is 2. The summed E-state index contributed by atoms with van der Waals surface area (Å²) in [5, 5.41) is 26.5. The van der Waals surface area contributed by atoms with Crippen LogP contribution in [0.15, 0.2) is 12.7 Å². The predicted molar refractivity (Wildman–Crippen MR) is 191 cm³/mol. The minimum absolute atomic E-state index is 0.0335. The molecule has 3 unspecified atom stereocenters. The fourth-order valence-electron chi connectivity index (χ4n) is 6.05. The molecule has 28 heteroatoms. The molecule has 3 heterocycles. The van der Waals surface area contributed by atoms with Crippen LogP contribution in [0, 0.1) is 16.7 Å². The summed E-state index contributed by atoms with van der Waals surface area (Å²) < 4.78 is 62.1. The number of nitrogens with zero attached hydrogens (tertiary/aromatic N) is 4. The summed E-state index contributed by atoms with van der Waals surface area (Å²) in [7, 11) is -16.4. The SMILES string of the molecule is CC(C)(COP(=O)(O)OP(=O)(O)OC[C@H]1O[C@@H](n2cnc3c(N)ncnc32)[C@H](O)[C@@H]1OP(=O)(O)O)C(O)C(=O)NCCC(=O)NCCSC(=O)C[C@@H]1CC12CC2. The Balaban J connectivity index is 1.04. The van der Waals surface area contributed by atoms with Crippen molar-refractivity contribution in [1.29, 1.82) is 0 Å². The first-order valence-electron chi connectivity index (χ1n) is 17.1. The summed E-state index contributed by atoms with van der Waals surface area (Å²) in [5.41, 5.74) is 4.73. The molecule has 1 spiro atoms. The fourth-order valence-corrected chi connectivity index (χ4v) is 9.63. The summed E-state index contributed by atoms with van der Waals surface area (Å²) in [6.07, 6.45) is -2.76. The summed E-state index contributed by atoms with van der Waals surface area (Å²) in [4.78, 5) is 87.7. The van der Waals surface area contributed by atoms with Crippen molar-refractivity contribution in [3.8, 4) is 0 Å². The summed E-state index contributed by atoms with van der Waals surface area (Å²) in [6, 6.07) is 0. The number of anilines is 1. The topological polar surface area (TPSA) is 364 Å². The molecule has 56 heavy (non-hydrogen) atoms. The third-order valence-corrected chi connectivity index (χ3v) is 13.4. The first kappa shape index (κ1) is 44.7. The molecule has 0 radical (unpaired) electrons. The number of fused-ring (bicyclic) bond motifs is 1. The average molecular weight is 876 g/mol. The molecule has 10 N–H and O–H groups in total. The zero-order chi connectivity index (χ0) is 41.3. The molecule has 2 aliphatic carbocycles. The van der Waals surface area contributed by atoms with Crippen LogP contribution in [-0.2, 0) is 50.7 Å². The quantitative estimate of drug-likeness (QED) is 0.0582. The van der Waals surface area contributed by atoms with Gasteiger partial charge < -0.3 is 50.9 Å². The largest absolute Gasteiger partial charge is 0.481 e. The Morgan fingerprint density at radius 1 is 1.09 bits per heavy atom. The van der Waals surface area contributed by atoms with Crippen molar-refractivity contribution in [2.45, 2.75) is 76.6 Å². The van der Waals surface area contributed by atoms with Gasteiger partial charge in [0.25, 0.3) is 0 Å². The van der Waals surface area contributed by atoms with Gasteiger partial charge in [-0.05, 0) is 30.6 Å². The Labute approximate surface area is 323 Å². The van der Waals surface area contributed by atoms with Crippen molar-refractivity contribution >= 4 is 69.1 Å². The first-order valence-corrected chi connectivity index (χ1v) is 22.6. The highest BCUT2D eigenvalue weighted by molar-refractivity contribution is 8.13. The molecule has 8 atom stereocenters. The number of nitrogens with two attached hydrogens (primary N) is 1. The lowest BCUT2D eigenvalue weighted by molar-refractivity contribution is -0.137. The molecule has 3 aliphatic rings. The highest BCUT2D eigenvalue weighted by Crippen LogP contribution is 2.71. The second-order valence-electron chi connectivity index (χ2n) is 14.3. The summed E-state index contributed by atoms with van der Waals surface area (Å²) in [5.74, 6) is -0.505. The number of hydrogen-bond donors (Lipinski definition) is 9. The maximum absolute atomic E-state index is 12.7. The maximum atomic E-state index is 12.7. The van der Waals surface area contributed by atoms with Gasteiger partial charge in [0.15, 0.2) is 22.8 Å². The van der Waals surface area contributed by atoms with Crippen molar-refractivity contribution in [3.63, 3.8) is 0 Å². The van der Waals surface area contributed by atoms with Gasteiger partial charge in [0.1, 0.15) is 36.3 Å². The zero-order valence-electron chi connectivity index (χ0n) is 30.0. The lowest BCUT2D eigenvalue weighted by atomic mass is 9.87. The van der Waals surface area contributed by atoms with Crippen LogP contribution < -0.4 is 16.4 Å². The van der Waals surface area contributed by atoms with E-state index < -0.39 is 84.6 Å². The number of aromatic nitrogens is 4. The Bertz CT molecular complexity index is 1930. The lowest BCUT2D eigenvalue weighted by Crippen LogP contribution is -2.46. The molecule has 2 amide bonds. The highest BCUT2D eigenvalue weighted by atomic mass is 32.2. The number of nitrogen functional groups attached to an aromatic ring is 1. The number of rotatable bonds is 21. The van der Waals surface area contributed by atoms with Crippen LogP contribution in [0.25, 0.3) is 11.2 Å². The molecule has 24 nitrogen and oxygen atoms in total. The van der Waals surface area contributed by atoms with E-state index in [2.05, 4.69) is 34.4 Å². The van der Waals surface area contributed by atoms with Crippen molar-refractivity contribution in [2.75, 3.05) is 37.8 Å². The number of thioether (sulfide) groups is 1. The lowest BCUT2D eigenvalue weighted by Gasteiger charge is -2.30. The van der Waals surface area contributed by atoms with Crippen LogP contribution in [0.3, 0.4) is 0 Å². The molecule has 3 fully saturated rings. The average Bonchev–Trinajstić information content (AvgIpc) is 3.93. The molecular formula is C28H44N7O17P3S. The van der Waals surface area contributed by atoms with E-state index in [9.17, 15) is 57.9 Å². The van der Waals surface area contributed by atoms with Gasteiger partial charge in [-0.25, -0.2) is 28.6 Å². The number of carbonyl (C=O) groups excluding carboxylic acids is 3. The van der Waals surface area contributed by atoms with Gasteiger partial charge >= 0.3 is 23.5 Å². The monoisotopic (exact) mass is 875 g/mol. The fraction of sp³-hybridized carbons (Fsp3) is 0.714. The van der Waals surface area contributed by atoms with E-state index in [0.29, 0.717) is 23.5 Å². The molecule has 314 valence electrons. The van der Waals surface area contributed by atoms with E-state index in [-0.39, 0.29) is 41.6 Å². The van der Waals surface area contributed by atoms with E-state index in [4.69, 9.17) is 19.5 Å². The Morgan fingerprint density at radius 2 is 1.79 bits per heavy atom. The smallest absolute Gasteiger partial charge is 0.386 e. The van der Waals surface area contributed by atoms with Gasteiger partial charge in [-0.3, -0.25) is 32.5 Å². The van der Waals surface area contributed by atoms with Crippen LogP contribution in [-0.4, -0.2) is 123 Å². The van der Waals surface area contributed by atoms with Crippen molar-refractivity contribution < 1.29 is 80.5 Å². The van der Waals surface area contributed by atoms with Crippen molar-refractivity contribution in [1.82, 2.24) is 30.2 Å². The number of phosphoric acid groups is 3. The number of amides is 2. The van der Waals surface area contributed by atoms with Gasteiger partial charge in [0.05, 0.1) is 19.5 Å². The van der Waals surface area contributed by atoms with E-state index >= 15 is 0 Å². The number of phosphoric ester groups is 3. The summed E-state index contributed by atoms with van der Waals surface area (Å²) in [6.45, 7) is 0.592. The Hall–Kier alpha value is -2.44. The van der Waals surface area contributed by atoms with Crippen LogP contribution in [0.2, 0.25) is 0 Å². The van der Waals surface area contributed by atoms with Gasteiger partial charge in [0, 0.05) is 37.1 Å². The Kier molecular flexibility index (Phi) is 13.9. The second-order valence-corrected chi connectivity index (χ2v) is 19.6. The van der Waals surface area contributed by atoms with Gasteiger partial charge in [-0.2, -0.15) is 4.31 Å². The van der Waals surface area contributed by atoms with Crippen LogP contribution >= 0.6 is 35.2 Å². The van der Waals surface area contributed by atoms with Crippen LogP contribution in [0.4, 0.5) is 5.82 Å². The predicted octanol–water partition coefficient (Wildman–Crippen LogP) is -0.145. The van der Waals surface area contributed by atoms with Gasteiger partial charge in [0.2, 0.25) is 11.8 Å². The third kappa shape index (κ3) is 11.8. The van der Waals surface area contributed by atoms with E-state index in [1.165, 1.54) is 38.5 Å². The molecule has 5 rings (SSSR count). The minimum Gasteiger partial charge on any atom is -0.386 e. The molecule has 0 aromatic carbocycles. The van der Waals surface area contributed by atoms with E-state index in [1.807, 2.05) is 0 Å². The molecule has 2 saturated carbocycles. The standard InChI is InChI=1S/C28H44N7O17P3S/c1-27(2,22(39)25(40)31-6-3-17(36)30-7-8-56-18(37)9-15-10-28(15)4-5-28)12-49-55(46,47)52-54(44,45)48-11-16-21(51-53(41,42)43)20(38)26(50-16)35-14-34-19-23(29)32-13-33-24(19)35/h13-16,20-22,26,38-39H,3-12H2,1-2H3,(H,30,36)(H,31,40)(H,44,45)(H,46,47)(H2,29,32,33)(H2,41,42,43)/t15-,16-,20-,21-,22?,26-/m1/s1. The van der Waals surface area contributed by atoms with Crippen molar-refractivity contribution in [2.24, 2.45) is 16.7 Å².